The van der Waals surface area contributed by atoms with Gasteiger partial charge in [-0.05, 0) is 17.7 Å². The molecule has 1 aliphatic rings. The maximum absolute atomic E-state index is 11.4. The topological polar surface area (TPSA) is 61.8 Å². The van der Waals surface area contributed by atoms with Crippen LogP contribution in [0.15, 0.2) is 24.3 Å². The van der Waals surface area contributed by atoms with Gasteiger partial charge in [0.25, 0.3) is 0 Å². The number of rotatable bonds is 3. The van der Waals surface area contributed by atoms with Gasteiger partial charge < -0.3 is 14.2 Å². The van der Waals surface area contributed by atoms with Crippen LogP contribution in [-0.4, -0.2) is 24.8 Å². The fourth-order valence-corrected chi connectivity index (χ4v) is 1.40. The molecular weight excluding hydrogens is 248 g/mol. The van der Waals surface area contributed by atoms with Gasteiger partial charge >= 0.3 is 12.1 Å². The van der Waals surface area contributed by atoms with Gasteiger partial charge in [-0.2, -0.15) is 0 Å². The second-order valence-electron chi connectivity index (χ2n) is 3.40. The maximum atomic E-state index is 11.4. The molecule has 0 spiro atoms. The number of esters is 1. The van der Waals surface area contributed by atoms with Gasteiger partial charge in [-0.3, -0.25) is 0 Å². The summed E-state index contributed by atoms with van der Waals surface area (Å²) in [6, 6.07) is 6.88. The summed E-state index contributed by atoms with van der Waals surface area (Å²) in [6.07, 6.45) is -1.81. The van der Waals surface area contributed by atoms with Gasteiger partial charge in [0.15, 0.2) is 0 Å². The molecule has 1 unspecified atom stereocenters. The van der Waals surface area contributed by atoms with E-state index in [0.29, 0.717) is 5.02 Å². The van der Waals surface area contributed by atoms with Crippen molar-refractivity contribution < 1.29 is 23.8 Å². The Morgan fingerprint density at radius 3 is 2.71 bits per heavy atom. The molecule has 5 nitrogen and oxygen atoms in total. The summed E-state index contributed by atoms with van der Waals surface area (Å²) in [4.78, 5) is 22.0. The molecule has 1 aliphatic heterocycles. The Bertz CT molecular complexity index is 428. The van der Waals surface area contributed by atoms with E-state index in [0.717, 1.165) is 5.56 Å². The average Bonchev–Trinajstić information content (AvgIpc) is 2.75. The zero-order chi connectivity index (χ0) is 12.3. The minimum atomic E-state index is -0.963. The lowest BCUT2D eigenvalue weighted by Crippen LogP contribution is -2.25. The second kappa shape index (κ2) is 5.05. The number of hydrogen-bond acceptors (Lipinski definition) is 5. The zero-order valence-corrected chi connectivity index (χ0v) is 9.48. The summed E-state index contributed by atoms with van der Waals surface area (Å²) in [5.41, 5.74) is 0.799. The van der Waals surface area contributed by atoms with Gasteiger partial charge in [0.05, 0.1) is 0 Å². The summed E-state index contributed by atoms with van der Waals surface area (Å²) < 4.78 is 14.0. The maximum Gasteiger partial charge on any atom is 0.509 e. The molecule has 0 amide bonds. The largest absolute Gasteiger partial charge is 0.509 e. The van der Waals surface area contributed by atoms with E-state index in [-0.39, 0.29) is 13.2 Å². The van der Waals surface area contributed by atoms with E-state index < -0.39 is 18.2 Å². The predicted octanol–water partition coefficient (Wildman–Crippen LogP) is 1.92. The second-order valence-corrected chi connectivity index (χ2v) is 3.84. The Hall–Kier alpha value is -1.75. The molecule has 0 radical (unpaired) electrons. The number of halogens is 1. The monoisotopic (exact) mass is 256 g/mol. The molecule has 17 heavy (non-hydrogen) atoms. The van der Waals surface area contributed by atoms with Gasteiger partial charge in [0.2, 0.25) is 6.10 Å². The van der Waals surface area contributed by atoms with Crippen LogP contribution in [0.4, 0.5) is 4.79 Å². The van der Waals surface area contributed by atoms with Crippen molar-refractivity contribution >= 4 is 23.7 Å². The van der Waals surface area contributed by atoms with E-state index in [4.69, 9.17) is 16.3 Å². The Morgan fingerprint density at radius 1 is 1.41 bits per heavy atom. The third kappa shape index (κ3) is 3.10. The van der Waals surface area contributed by atoms with Gasteiger partial charge in [0.1, 0.15) is 13.2 Å². The smallest absolute Gasteiger partial charge is 0.458 e. The summed E-state index contributed by atoms with van der Waals surface area (Å²) in [7, 11) is 0. The first-order chi connectivity index (χ1) is 8.15. The lowest BCUT2D eigenvalue weighted by Gasteiger charge is -2.07. The van der Waals surface area contributed by atoms with Gasteiger partial charge in [0, 0.05) is 5.02 Å². The van der Waals surface area contributed by atoms with Crippen molar-refractivity contribution in [2.24, 2.45) is 0 Å². The third-order valence-electron chi connectivity index (χ3n) is 2.15. The Labute approximate surface area is 102 Å². The van der Waals surface area contributed by atoms with Crippen LogP contribution in [0.1, 0.15) is 5.56 Å². The van der Waals surface area contributed by atoms with Crippen LogP contribution < -0.4 is 0 Å². The van der Waals surface area contributed by atoms with Gasteiger partial charge in [-0.25, -0.2) is 9.59 Å². The number of hydrogen-bond donors (Lipinski definition) is 0. The Kier molecular flexibility index (Phi) is 3.49. The van der Waals surface area contributed by atoms with Crippen LogP contribution in [0.25, 0.3) is 0 Å². The van der Waals surface area contributed by atoms with E-state index in [1.807, 2.05) is 0 Å². The van der Waals surface area contributed by atoms with Crippen molar-refractivity contribution in [2.75, 3.05) is 6.61 Å². The van der Waals surface area contributed by atoms with Crippen molar-refractivity contribution in [3.8, 4) is 0 Å². The molecule has 6 heteroatoms. The molecule has 0 N–H and O–H groups in total. The van der Waals surface area contributed by atoms with Crippen LogP contribution in [0, 0.1) is 0 Å². The van der Waals surface area contributed by atoms with E-state index in [1.54, 1.807) is 24.3 Å². The molecule has 1 fully saturated rings. The van der Waals surface area contributed by atoms with Crippen molar-refractivity contribution in [3.05, 3.63) is 34.9 Å². The fourth-order valence-electron chi connectivity index (χ4n) is 1.27. The molecule has 2 rings (SSSR count). The van der Waals surface area contributed by atoms with Crippen molar-refractivity contribution in [1.29, 1.82) is 0 Å². The number of cyclic esters (lactones) is 2. The highest BCUT2D eigenvalue weighted by atomic mass is 35.5. The van der Waals surface area contributed by atoms with E-state index in [1.165, 1.54) is 0 Å². The highest BCUT2D eigenvalue weighted by Gasteiger charge is 2.32. The van der Waals surface area contributed by atoms with Crippen LogP contribution >= 0.6 is 11.6 Å². The van der Waals surface area contributed by atoms with Crippen LogP contribution in [0.3, 0.4) is 0 Å². The first-order valence-electron chi connectivity index (χ1n) is 4.89. The quantitative estimate of drug-likeness (QED) is 0.773. The van der Waals surface area contributed by atoms with E-state index in [9.17, 15) is 9.59 Å². The lowest BCUT2D eigenvalue weighted by molar-refractivity contribution is -0.153. The predicted molar refractivity (Wildman–Crippen MR) is 57.5 cm³/mol. The highest BCUT2D eigenvalue weighted by molar-refractivity contribution is 6.30. The SMILES string of the molecule is O=C1OCC(C(=O)OCc2ccc(Cl)cc2)O1. The Balaban J connectivity index is 1.84. The number of ether oxygens (including phenoxy) is 3. The minimum absolute atomic E-state index is 0.0989. The molecule has 0 aliphatic carbocycles. The number of carbonyl (C=O) groups is 2. The third-order valence-corrected chi connectivity index (χ3v) is 2.40. The average molecular weight is 257 g/mol. The van der Waals surface area contributed by atoms with E-state index in [2.05, 4.69) is 9.47 Å². The molecule has 0 aromatic heterocycles. The van der Waals surface area contributed by atoms with Gasteiger partial charge in [-0.1, -0.05) is 23.7 Å². The normalized spacial score (nSPS) is 18.4. The molecule has 0 saturated carbocycles. The molecule has 1 heterocycles. The lowest BCUT2D eigenvalue weighted by atomic mass is 10.2. The molecule has 1 atom stereocenters. The van der Waals surface area contributed by atoms with Crippen LogP contribution in [0.2, 0.25) is 5.02 Å². The summed E-state index contributed by atoms with van der Waals surface area (Å²) >= 11 is 5.71. The molecule has 90 valence electrons. The zero-order valence-electron chi connectivity index (χ0n) is 8.72. The molecule has 0 bridgehead atoms. The van der Waals surface area contributed by atoms with Crippen molar-refractivity contribution in [2.45, 2.75) is 12.7 Å². The summed E-state index contributed by atoms with van der Waals surface area (Å²) in [5.74, 6) is -0.620. The number of carbonyl (C=O) groups excluding carboxylic acids is 2. The van der Waals surface area contributed by atoms with Crippen molar-refractivity contribution in [1.82, 2.24) is 0 Å². The minimum Gasteiger partial charge on any atom is -0.458 e. The summed E-state index contributed by atoms with van der Waals surface area (Å²) in [5, 5.41) is 0.609. The Morgan fingerprint density at radius 2 is 2.12 bits per heavy atom. The summed E-state index contributed by atoms with van der Waals surface area (Å²) in [6.45, 7) is 0.00232. The first-order valence-corrected chi connectivity index (χ1v) is 5.27. The molecule has 1 aromatic rings. The molecule has 1 aromatic carbocycles. The molecular formula is C11H9ClO5. The van der Waals surface area contributed by atoms with Crippen LogP contribution in [-0.2, 0) is 25.6 Å². The van der Waals surface area contributed by atoms with E-state index >= 15 is 0 Å². The number of benzene rings is 1. The first kappa shape index (κ1) is 11.7. The molecule has 1 saturated heterocycles. The fraction of sp³-hybridized carbons (Fsp3) is 0.273. The van der Waals surface area contributed by atoms with Crippen LogP contribution in [0.5, 0.6) is 0 Å². The van der Waals surface area contributed by atoms with Gasteiger partial charge in [-0.15, -0.1) is 0 Å². The van der Waals surface area contributed by atoms with Crippen molar-refractivity contribution in [3.63, 3.8) is 0 Å². The highest BCUT2D eigenvalue weighted by Crippen LogP contribution is 2.12. The standard InChI is InChI=1S/C11H9ClO5/c12-8-3-1-7(2-4-8)5-15-10(13)9-6-16-11(14)17-9/h1-4,9H,5-6H2.